The number of nitrogens with one attached hydrogen (secondary N) is 1. The highest BCUT2D eigenvalue weighted by atomic mass is 35.5. The molecule has 1 aliphatic rings. The van der Waals surface area contributed by atoms with Gasteiger partial charge in [-0.3, -0.25) is 4.79 Å². The Morgan fingerprint density at radius 2 is 2.21 bits per heavy atom. The predicted octanol–water partition coefficient (Wildman–Crippen LogP) is 2.87. The SMILES string of the molecule is CC1CCC(NC(=O)c2cc(Cl)ncc2N)C(C)C1. The van der Waals surface area contributed by atoms with E-state index in [4.69, 9.17) is 17.3 Å². The topological polar surface area (TPSA) is 68.0 Å². The maximum Gasteiger partial charge on any atom is 0.253 e. The summed E-state index contributed by atoms with van der Waals surface area (Å²) in [5.74, 6) is 1.07. The van der Waals surface area contributed by atoms with Crippen LogP contribution in [0.3, 0.4) is 0 Å². The van der Waals surface area contributed by atoms with Crippen molar-refractivity contribution in [1.29, 1.82) is 0 Å². The molecule has 0 saturated heterocycles. The Morgan fingerprint density at radius 1 is 1.47 bits per heavy atom. The van der Waals surface area contributed by atoms with Gasteiger partial charge in [-0.1, -0.05) is 25.4 Å². The van der Waals surface area contributed by atoms with Crippen molar-refractivity contribution in [2.75, 3.05) is 5.73 Å². The minimum Gasteiger partial charge on any atom is -0.397 e. The van der Waals surface area contributed by atoms with Crippen molar-refractivity contribution in [2.45, 2.75) is 39.2 Å². The van der Waals surface area contributed by atoms with E-state index < -0.39 is 0 Å². The molecule has 1 fully saturated rings. The van der Waals surface area contributed by atoms with Gasteiger partial charge in [0, 0.05) is 6.04 Å². The normalized spacial score (nSPS) is 27.0. The molecule has 2 rings (SSSR count). The van der Waals surface area contributed by atoms with E-state index in [0.29, 0.717) is 17.2 Å². The van der Waals surface area contributed by atoms with Gasteiger partial charge in [-0.15, -0.1) is 0 Å². The summed E-state index contributed by atoms with van der Waals surface area (Å²) in [5.41, 5.74) is 6.54. The third-order valence-corrected chi connectivity index (χ3v) is 4.10. The van der Waals surface area contributed by atoms with Crippen LogP contribution in [-0.2, 0) is 0 Å². The molecule has 0 aromatic carbocycles. The number of nitrogens with two attached hydrogens (primary N) is 1. The fourth-order valence-corrected chi connectivity index (χ4v) is 2.92. The Balaban J connectivity index is 2.06. The molecule has 0 radical (unpaired) electrons. The van der Waals surface area contributed by atoms with Gasteiger partial charge in [0.05, 0.1) is 17.4 Å². The van der Waals surface area contributed by atoms with E-state index in [1.54, 1.807) is 0 Å². The lowest BCUT2D eigenvalue weighted by molar-refractivity contribution is 0.0900. The number of amides is 1. The monoisotopic (exact) mass is 281 g/mol. The van der Waals surface area contributed by atoms with Crippen LogP contribution in [0.4, 0.5) is 5.69 Å². The number of aromatic nitrogens is 1. The molecule has 0 aliphatic heterocycles. The number of pyridine rings is 1. The fraction of sp³-hybridized carbons (Fsp3) is 0.571. The third kappa shape index (κ3) is 3.38. The van der Waals surface area contributed by atoms with Gasteiger partial charge >= 0.3 is 0 Å². The number of rotatable bonds is 2. The standard InChI is InChI=1S/C14H20ClN3O/c1-8-3-4-12(9(2)5-8)18-14(19)10-6-13(15)17-7-11(10)16/h6-9,12H,3-5,16H2,1-2H3,(H,18,19). The first-order valence-electron chi connectivity index (χ1n) is 6.69. The van der Waals surface area contributed by atoms with Crippen molar-refractivity contribution in [3.05, 3.63) is 23.0 Å². The Bertz CT molecular complexity index is 478. The van der Waals surface area contributed by atoms with Crippen LogP contribution < -0.4 is 11.1 Å². The highest BCUT2D eigenvalue weighted by molar-refractivity contribution is 6.29. The van der Waals surface area contributed by atoms with Crippen LogP contribution in [0, 0.1) is 11.8 Å². The molecular formula is C14H20ClN3O. The summed E-state index contributed by atoms with van der Waals surface area (Å²) >= 11 is 5.80. The summed E-state index contributed by atoms with van der Waals surface area (Å²) in [4.78, 5) is 16.1. The van der Waals surface area contributed by atoms with Gasteiger partial charge in [0.1, 0.15) is 5.15 Å². The molecule has 104 valence electrons. The summed E-state index contributed by atoms with van der Waals surface area (Å²) < 4.78 is 0. The second-order valence-electron chi connectivity index (χ2n) is 5.57. The van der Waals surface area contributed by atoms with Gasteiger partial charge in [0.25, 0.3) is 5.91 Å². The molecule has 3 unspecified atom stereocenters. The number of hydrogen-bond acceptors (Lipinski definition) is 3. The molecule has 3 N–H and O–H groups in total. The lowest BCUT2D eigenvalue weighted by atomic mass is 9.80. The number of halogens is 1. The molecule has 19 heavy (non-hydrogen) atoms. The molecule has 4 nitrogen and oxygen atoms in total. The van der Waals surface area contributed by atoms with Crippen molar-refractivity contribution in [3.63, 3.8) is 0 Å². The van der Waals surface area contributed by atoms with E-state index in [0.717, 1.165) is 25.2 Å². The maximum absolute atomic E-state index is 12.2. The Morgan fingerprint density at radius 3 is 2.89 bits per heavy atom. The van der Waals surface area contributed by atoms with Crippen LogP contribution in [0.2, 0.25) is 5.15 Å². The smallest absolute Gasteiger partial charge is 0.253 e. The van der Waals surface area contributed by atoms with E-state index in [-0.39, 0.29) is 17.1 Å². The molecular weight excluding hydrogens is 262 g/mol. The largest absolute Gasteiger partial charge is 0.397 e. The predicted molar refractivity (Wildman–Crippen MR) is 77.1 cm³/mol. The second kappa shape index (κ2) is 5.78. The van der Waals surface area contributed by atoms with Crippen molar-refractivity contribution in [3.8, 4) is 0 Å². The van der Waals surface area contributed by atoms with E-state index in [1.165, 1.54) is 12.3 Å². The highest BCUT2D eigenvalue weighted by Crippen LogP contribution is 2.29. The first-order chi connectivity index (χ1) is 8.97. The van der Waals surface area contributed by atoms with Crippen LogP contribution in [0.5, 0.6) is 0 Å². The van der Waals surface area contributed by atoms with Crippen LogP contribution in [0.25, 0.3) is 0 Å². The maximum atomic E-state index is 12.2. The molecule has 1 heterocycles. The van der Waals surface area contributed by atoms with Crippen LogP contribution >= 0.6 is 11.6 Å². The first-order valence-corrected chi connectivity index (χ1v) is 7.07. The molecule has 0 bridgehead atoms. The summed E-state index contributed by atoms with van der Waals surface area (Å²) in [7, 11) is 0. The third-order valence-electron chi connectivity index (χ3n) is 3.89. The minimum absolute atomic E-state index is 0.159. The Labute approximate surface area is 118 Å². The van der Waals surface area contributed by atoms with Crippen molar-refractivity contribution in [2.24, 2.45) is 11.8 Å². The van der Waals surface area contributed by atoms with E-state index >= 15 is 0 Å². The van der Waals surface area contributed by atoms with Crippen LogP contribution in [0.15, 0.2) is 12.3 Å². The lowest BCUT2D eigenvalue weighted by Crippen LogP contribution is -2.42. The molecule has 0 spiro atoms. The van der Waals surface area contributed by atoms with E-state index in [2.05, 4.69) is 24.1 Å². The number of carbonyl (C=O) groups excluding carboxylic acids is 1. The number of nitrogen functional groups attached to an aromatic ring is 1. The fourth-order valence-electron chi connectivity index (χ4n) is 2.76. The second-order valence-corrected chi connectivity index (χ2v) is 5.96. The zero-order valence-corrected chi connectivity index (χ0v) is 12.1. The summed E-state index contributed by atoms with van der Waals surface area (Å²) in [6, 6.07) is 1.73. The van der Waals surface area contributed by atoms with Gasteiger partial charge in [-0.2, -0.15) is 0 Å². The molecule has 1 saturated carbocycles. The molecule has 5 heteroatoms. The van der Waals surface area contributed by atoms with Gasteiger partial charge < -0.3 is 11.1 Å². The lowest BCUT2D eigenvalue weighted by Gasteiger charge is -2.33. The minimum atomic E-state index is -0.159. The van der Waals surface area contributed by atoms with Crippen molar-refractivity contribution >= 4 is 23.2 Å². The quantitative estimate of drug-likeness (QED) is 0.819. The first kappa shape index (κ1) is 14.1. The number of anilines is 1. The van der Waals surface area contributed by atoms with Gasteiger partial charge in [0.2, 0.25) is 0 Å². The number of nitrogens with zero attached hydrogens (tertiary/aromatic N) is 1. The van der Waals surface area contributed by atoms with Crippen LogP contribution in [-0.4, -0.2) is 16.9 Å². The summed E-state index contributed by atoms with van der Waals surface area (Å²) in [6.07, 6.45) is 4.75. The van der Waals surface area contributed by atoms with E-state index in [9.17, 15) is 4.79 Å². The molecule has 1 amide bonds. The molecule has 3 atom stereocenters. The van der Waals surface area contributed by atoms with Crippen molar-refractivity contribution in [1.82, 2.24) is 10.3 Å². The molecule has 1 aromatic heterocycles. The summed E-state index contributed by atoms with van der Waals surface area (Å²) in [5, 5.41) is 3.35. The van der Waals surface area contributed by atoms with Gasteiger partial charge in [-0.05, 0) is 37.2 Å². The average Bonchev–Trinajstić information content (AvgIpc) is 2.35. The zero-order chi connectivity index (χ0) is 14.0. The highest BCUT2D eigenvalue weighted by Gasteiger charge is 2.27. The van der Waals surface area contributed by atoms with Gasteiger partial charge in [0.15, 0.2) is 0 Å². The Hall–Kier alpha value is -1.29. The Kier molecular flexibility index (Phi) is 4.30. The average molecular weight is 282 g/mol. The summed E-state index contributed by atoms with van der Waals surface area (Å²) in [6.45, 7) is 4.44. The molecule has 1 aliphatic carbocycles. The van der Waals surface area contributed by atoms with Crippen LogP contribution in [0.1, 0.15) is 43.5 Å². The zero-order valence-electron chi connectivity index (χ0n) is 11.3. The van der Waals surface area contributed by atoms with Crippen molar-refractivity contribution < 1.29 is 4.79 Å². The number of carbonyl (C=O) groups is 1. The van der Waals surface area contributed by atoms with Gasteiger partial charge in [-0.25, -0.2) is 4.98 Å². The molecule has 1 aromatic rings. The number of hydrogen-bond donors (Lipinski definition) is 2. The van der Waals surface area contributed by atoms with E-state index in [1.807, 2.05) is 0 Å².